The molecule has 2 rings (SSSR count). The van der Waals surface area contributed by atoms with Gasteiger partial charge in [-0.05, 0) is 43.4 Å². The number of benzene rings is 1. The van der Waals surface area contributed by atoms with Crippen LogP contribution in [-0.4, -0.2) is 23.9 Å². The summed E-state index contributed by atoms with van der Waals surface area (Å²) in [5.74, 6) is -0.103. The molecule has 0 aromatic heterocycles. The minimum Gasteiger partial charge on any atom is -0.352 e. The minimum absolute atomic E-state index is 0. The summed E-state index contributed by atoms with van der Waals surface area (Å²) in [4.78, 5) is 23.0. The molecule has 6 heteroatoms. The van der Waals surface area contributed by atoms with E-state index in [-0.39, 0.29) is 36.3 Å². The van der Waals surface area contributed by atoms with Crippen LogP contribution in [0.1, 0.15) is 48.5 Å². The predicted molar refractivity (Wildman–Crippen MR) is 88.9 cm³/mol. The van der Waals surface area contributed by atoms with Gasteiger partial charge in [0.05, 0.1) is 0 Å². The number of carbonyl (C=O) groups is 2. The summed E-state index contributed by atoms with van der Waals surface area (Å²) in [7, 11) is 0. The van der Waals surface area contributed by atoms with E-state index in [0.29, 0.717) is 12.1 Å². The fraction of sp³-hybridized carbons (Fsp3) is 0.500. The molecule has 2 amide bonds. The summed E-state index contributed by atoms with van der Waals surface area (Å²) < 4.78 is 0. The maximum absolute atomic E-state index is 12.2. The lowest BCUT2D eigenvalue weighted by Crippen LogP contribution is -2.40. The summed E-state index contributed by atoms with van der Waals surface area (Å²) in [6.45, 7) is 1.97. The third-order valence-electron chi connectivity index (χ3n) is 3.86. The maximum Gasteiger partial charge on any atom is 0.251 e. The van der Waals surface area contributed by atoms with Crippen LogP contribution >= 0.6 is 12.4 Å². The number of nitrogens with one attached hydrogen (secondary N) is 2. The molecule has 1 aromatic rings. The predicted octanol–water partition coefficient (Wildman–Crippen LogP) is 1.74. The van der Waals surface area contributed by atoms with Crippen molar-refractivity contribution in [2.75, 3.05) is 0 Å². The molecule has 0 aliphatic heterocycles. The normalized spacial score (nSPS) is 20.6. The molecule has 1 aromatic carbocycles. The molecular weight excluding hydrogens is 302 g/mol. The van der Waals surface area contributed by atoms with Crippen molar-refractivity contribution in [2.45, 2.75) is 51.2 Å². The molecule has 1 saturated carbocycles. The second kappa shape index (κ2) is 8.76. The zero-order chi connectivity index (χ0) is 15.2. The van der Waals surface area contributed by atoms with Crippen LogP contribution in [-0.2, 0) is 11.3 Å². The highest BCUT2D eigenvalue weighted by Gasteiger charge is 2.20. The van der Waals surface area contributed by atoms with Crippen molar-refractivity contribution in [2.24, 2.45) is 5.73 Å². The smallest absolute Gasteiger partial charge is 0.251 e. The van der Waals surface area contributed by atoms with Crippen LogP contribution < -0.4 is 16.4 Å². The van der Waals surface area contributed by atoms with Crippen molar-refractivity contribution in [1.82, 2.24) is 10.6 Å². The van der Waals surface area contributed by atoms with Gasteiger partial charge >= 0.3 is 0 Å². The van der Waals surface area contributed by atoms with Crippen LogP contribution in [0.3, 0.4) is 0 Å². The fourth-order valence-corrected chi connectivity index (χ4v) is 2.53. The molecule has 1 aliphatic rings. The molecule has 22 heavy (non-hydrogen) atoms. The Balaban J connectivity index is 0.00000242. The Kier molecular flexibility index (Phi) is 7.35. The first-order valence-corrected chi connectivity index (χ1v) is 7.44. The van der Waals surface area contributed by atoms with Crippen LogP contribution in [0.15, 0.2) is 24.3 Å². The van der Waals surface area contributed by atoms with Crippen molar-refractivity contribution in [1.29, 1.82) is 0 Å². The van der Waals surface area contributed by atoms with Gasteiger partial charge in [0.1, 0.15) is 0 Å². The van der Waals surface area contributed by atoms with Gasteiger partial charge in [-0.25, -0.2) is 0 Å². The van der Waals surface area contributed by atoms with E-state index in [1.54, 1.807) is 12.1 Å². The standard InChI is InChI=1S/C16H23N3O2.ClH/c1-11(20)18-10-12-2-4-13(5-3-12)16(21)19-15-8-6-14(17)7-9-15;/h2-5,14-15H,6-10,17H2,1H3,(H,18,20)(H,19,21);1H. The summed E-state index contributed by atoms with van der Waals surface area (Å²) >= 11 is 0. The Bertz CT molecular complexity index is 497. The van der Waals surface area contributed by atoms with E-state index < -0.39 is 0 Å². The number of hydrogen-bond donors (Lipinski definition) is 3. The second-order valence-corrected chi connectivity index (χ2v) is 5.69. The third kappa shape index (κ3) is 5.66. The van der Waals surface area contributed by atoms with Gasteiger partial charge in [0, 0.05) is 31.1 Å². The highest BCUT2D eigenvalue weighted by Crippen LogP contribution is 2.17. The number of hydrogen-bond acceptors (Lipinski definition) is 3. The summed E-state index contributed by atoms with van der Waals surface area (Å²) in [6.07, 6.45) is 3.85. The van der Waals surface area contributed by atoms with E-state index >= 15 is 0 Å². The number of carbonyl (C=O) groups excluding carboxylic acids is 2. The first-order chi connectivity index (χ1) is 10.0. The molecule has 0 radical (unpaired) electrons. The van der Waals surface area contributed by atoms with Gasteiger partial charge in [-0.3, -0.25) is 9.59 Å². The van der Waals surface area contributed by atoms with E-state index in [0.717, 1.165) is 31.2 Å². The van der Waals surface area contributed by atoms with E-state index in [2.05, 4.69) is 10.6 Å². The molecule has 0 bridgehead atoms. The average Bonchev–Trinajstić information content (AvgIpc) is 2.48. The Labute approximate surface area is 137 Å². The van der Waals surface area contributed by atoms with Crippen LogP contribution in [0.5, 0.6) is 0 Å². The molecule has 0 heterocycles. The first-order valence-electron chi connectivity index (χ1n) is 7.44. The van der Waals surface area contributed by atoms with Crippen molar-refractivity contribution in [3.63, 3.8) is 0 Å². The Morgan fingerprint density at radius 1 is 1.14 bits per heavy atom. The molecule has 0 spiro atoms. The molecule has 1 aliphatic carbocycles. The number of rotatable bonds is 4. The highest BCUT2D eigenvalue weighted by atomic mass is 35.5. The number of amides is 2. The lowest BCUT2D eigenvalue weighted by atomic mass is 9.91. The van der Waals surface area contributed by atoms with Crippen molar-refractivity contribution in [3.8, 4) is 0 Å². The SMILES string of the molecule is CC(=O)NCc1ccc(C(=O)NC2CCC(N)CC2)cc1.Cl. The second-order valence-electron chi connectivity index (χ2n) is 5.69. The van der Waals surface area contributed by atoms with Crippen molar-refractivity contribution in [3.05, 3.63) is 35.4 Å². The third-order valence-corrected chi connectivity index (χ3v) is 3.86. The Morgan fingerprint density at radius 3 is 2.27 bits per heavy atom. The zero-order valence-corrected chi connectivity index (χ0v) is 13.6. The van der Waals surface area contributed by atoms with Crippen LogP contribution in [0.2, 0.25) is 0 Å². The molecule has 1 fully saturated rings. The lowest BCUT2D eigenvalue weighted by molar-refractivity contribution is -0.119. The van der Waals surface area contributed by atoms with Gasteiger partial charge in [-0.15, -0.1) is 12.4 Å². The molecular formula is C16H24ClN3O2. The summed E-state index contributed by atoms with van der Waals surface area (Å²) in [5.41, 5.74) is 7.49. The van der Waals surface area contributed by atoms with Crippen molar-refractivity contribution < 1.29 is 9.59 Å². The van der Waals surface area contributed by atoms with E-state index in [9.17, 15) is 9.59 Å². The Morgan fingerprint density at radius 2 is 1.73 bits per heavy atom. The van der Waals surface area contributed by atoms with Crippen LogP contribution in [0.25, 0.3) is 0 Å². The van der Waals surface area contributed by atoms with Crippen molar-refractivity contribution >= 4 is 24.2 Å². The van der Waals surface area contributed by atoms with Gasteiger partial charge in [-0.2, -0.15) is 0 Å². The van der Waals surface area contributed by atoms with Gasteiger partial charge in [0.2, 0.25) is 5.91 Å². The lowest BCUT2D eigenvalue weighted by Gasteiger charge is -2.26. The summed E-state index contributed by atoms with van der Waals surface area (Å²) in [5, 5.41) is 5.79. The van der Waals surface area contributed by atoms with Gasteiger partial charge in [0.25, 0.3) is 5.91 Å². The van der Waals surface area contributed by atoms with Crippen LogP contribution in [0, 0.1) is 0 Å². The van der Waals surface area contributed by atoms with Gasteiger partial charge in [-0.1, -0.05) is 12.1 Å². The zero-order valence-electron chi connectivity index (χ0n) is 12.8. The number of nitrogens with two attached hydrogens (primary N) is 1. The largest absolute Gasteiger partial charge is 0.352 e. The highest BCUT2D eigenvalue weighted by molar-refractivity contribution is 5.94. The first kappa shape index (κ1) is 18.5. The Hall–Kier alpha value is -1.59. The van der Waals surface area contributed by atoms with E-state index in [1.165, 1.54) is 6.92 Å². The average molecular weight is 326 g/mol. The quantitative estimate of drug-likeness (QED) is 0.788. The summed E-state index contributed by atoms with van der Waals surface area (Å²) in [6, 6.07) is 7.83. The molecule has 0 atom stereocenters. The van der Waals surface area contributed by atoms with Crippen LogP contribution in [0.4, 0.5) is 0 Å². The van der Waals surface area contributed by atoms with E-state index in [4.69, 9.17) is 5.73 Å². The topological polar surface area (TPSA) is 84.2 Å². The molecule has 0 unspecified atom stereocenters. The molecule has 5 nitrogen and oxygen atoms in total. The van der Waals surface area contributed by atoms with Gasteiger partial charge < -0.3 is 16.4 Å². The van der Waals surface area contributed by atoms with Gasteiger partial charge in [0.15, 0.2) is 0 Å². The fourth-order valence-electron chi connectivity index (χ4n) is 2.53. The molecule has 0 saturated heterocycles. The maximum atomic E-state index is 12.2. The van der Waals surface area contributed by atoms with E-state index in [1.807, 2.05) is 12.1 Å². The number of halogens is 1. The minimum atomic E-state index is -0.0627. The monoisotopic (exact) mass is 325 g/mol. The molecule has 4 N–H and O–H groups in total. The molecule has 122 valence electrons.